The molecular weight excluding hydrogens is 244 g/mol. The van der Waals surface area contributed by atoms with Crippen LogP contribution in [0.25, 0.3) is 0 Å². The van der Waals surface area contributed by atoms with Crippen molar-refractivity contribution in [1.82, 2.24) is 0 Å². The molecule has 92 valence electrons. The summed E-state index contributed by atoms with van der Waals surface area (Å²) < 4.78 is 0. The van der Waals surface area contributed by atoms with Crippen LogP contribution in [-0.2, 0) is 6.42 Å². The first-order chi connectivity index (χ1) is 8.72. The van der Waals surface area contributed by atoms with Gasteiger partial charge < -0.3 is 5.11 Å². The number of hydrogen-bond acceptors (Lipinski definition) is 2. The molecule has 3 rings (SSSR count). The Morgan fingerprint density at radius 2 is 1.89 bits per heavy atom. The van der Waals surface area contributed by atoms with Crippen LogP contribution in [0.15, 0.2) is 36.4 Å². The van der Waals surface area contributed by atoms with Gasteiger partial charge in [-0.05, 0) is 48.6 Å². The van der Waals surface area contributed by atoms with Gasteiger partial charge >= 0.3 is 5.97 Å². The molecule has 18 heavy (non-hydrogen) atoms. The van der Waals surface area contributed by atoms with E-state index in [2.05, 4.69) is 12.1 Å². The molecule has 0 spiro atoms. The summed E-state index contributed by atoms with van der Waals surface area (Å²) in [5.74, 6) is -0.0492. The maximum Gasteiger partial charge on any atom is 0.335 e. The lowest BCUT2D eigenvalue weighted by atomic mass is 10.1. The smallest absolute Gasteiger partial charge is 0.335 e. The second-order valence-corrected chi connectivity index (χ2v) is 5.96. The van der Waals surface area contributed by atoms with Gasteiger partial charge in [-0.3, -0.25) is 0 Å². The van der Waals surface area contributed by atoms with Crippen molar-refractivity contribution >= 4 is 17.3 Å². The van der Waals surface area contributed by atoms with Crippen LogP contribution in [0.4, 0.5) is 0 Å². The fourth-order valence-corrected chi connectivity index (χ4v) is 3.26. The van der Waals surface area contributed by atoms with E-state index in [0.717, 1.165) is 12.3 Å². The Labute approximate surface area is 110 Å². The topological polar surface area (TPSA) is 37.3 Å². The summed E-state index contributed by atoms with van der Waals surface area (Å²) in [4.78, 5) is 13.6. The Morgan fingerprint density at radius 3 is 2.50 bits per heavy atom. The van der Waals surface area contributed by atoms with Crippen molar-refractivity contribution in [3.8, 4) is 0 Å². The lowest BCUT2D eigenvalue weighted by Crippen LogP contribution is -1.96. The van der Waals surface area contributed by atoms with Gasteiger partial charge in [0, 0.05) is 16.2 Å². The summed E-state index contributed by atoms with van der Waals surface area (Å²) >= 11 is 1.89. The van der Waals surface area contributed by atoms with E-state index in [9.17, 15) is 4.79 Å². The molecule has 1 aliphatic rings. The first-order valence-corrected chi connectivity index (χ1v) is 6.95. The van der Waals surface area contributed by atoms with Crippen LogP contribution in [0.5, 0.6) is 0 Å². The van der Waals surface area contributed by atoms with E-state index in [4.69, 9.17) is 5.11 Å². The van der Waals surface area contributed by atoms with Crippen LogP contribution in [-0.4, -0.2) is 11.1 Å². The van der Waals surface area contributed by atoms with E-state index < -0.39 is 5.97 Å². The normalized spacial score (nSPS) is 14.7. The molecular formula is C15H14O2S. The Bertz CT molecular complexity index is 564. The van der Waals surface area contributed by atoms with Crippen LogP contribution >= 0.6 is 11.3 Å². The lowest BCUT2D eigenvalue weighted by Gasteiger charge is -2.00. The van der Waals surface area contributed by atoms with Crippen molar-refractivity contribution < 1.29 is 9.90 Å². The van der Waals surface area contributed by atoms with Gasteiger partial charge in [0.05, 0.1) is 5.56 Å². The highest BCUT2D eigenvalue weighted by atomic mass is 32.1. The quantitative estimate of drug-likeness (QED) is 0.902. The number of carboxylic acid groups (broad SMARTS) is 1. The third kappa shape index (κ3) is 2.46. The zero-order chi connectivity index (χ0) is 12.5. The average Bonchev–Trinajstić information content (AvgIpc) is 3.11. The van der Waals surface area contributed by atoms with Crippen LogP contribution in [0.2, 0.25) is 0 Å². The number of carboxylic acids is 1. The maximum absolute atomic E-state index is 10.8. The molecule has 0 aliphatic heterocycles. The molecule has 0 atom stereocenters. The highest BCUT2D eigenvalue weighted by Gasteiger charge is 2.24. The summed E-state index contributed by atoms with van der Waals surface area (Å²) in [5.41, 5.74) is 1.52. The van der Waals surface area contributed by atoms with Gasteiger partial charge in [-0.2, -0.15) is 0 Å². The van der Waals surface area contributed by atoms with Crippen LogP contribution in [0.3, 0.4) is 0 Å². The molecule has 1 aromatic heterocycles. The molecule has 1 saturated carbocycles. The molecule has 0 unspecified atom stereocenters. The number of aromatic carboxylic acids is 1. The minimum absolute atomic E-state index is 0.351. The van der Waals surface area contributed by atoms with Crippen LogP contribution < -0.4 is 0 Å². The van der Waals surface area contributed by atoms with Crippen molar-refractivity contribution in [1.29, 1.82) is 0 Å². The Morgan fingerprint density at radius 1 is 1.17 bits per heavy atom. The second-order valence-electron chi connectivity index (χ2n) is 4.76. The summed E-state index contributed by atoms with van der Waals surface area (Å²) in [6, 6.07) is 11.6. The van der Waals surface area contributed by atoms with Gasteiger partial charge in [0.1, 0.15) is 0 Å². The predicted molar refractivity (Wildman–Crippen MR) is 72.5 cm³/mol. The van der Waals surface area contributed by atoms with E-state index in [1.807, 2.05) is 23.5 Å². The average molecular weight is 258 g/mol. The summed E-state index contributed by atoms with van der Waals surface area (Å²) in [7, 11) is 0. The second kappa shape index (κ2) is 4.58. The first kappa shape index (κ1) is 11.5. The molecule has 2 aromatic rings. The standard InChI is InChI=1S/C15H14O2S/c16-15(17)12-3-1-10(2-4-12)9-13-7-8-14(18-13)11-5-6-11/h1-4,7-8,11H,5-6,9H2,(H,16,17). The van der Waals surface area contributed by atoms with Crippen LogP contribution in [0, 0.1) is 0 Å². The van der Waals surface area contributed by atoms with Gasteiger partial charge in [0.2, 0.25) is 0 Å². The minimum atomic E-state index is -0.867. The van der Waals surface area contributed by atoms with Crippen molar-refractivity contribution in [3.63, 3.8) is 0 Å². The monoisotopic (exact) mass is 258 g/mol. The Hall–Kier alpha value is -1.61. The molecule has 0 bridgehead atoms. The molecule has 0 radical (unpaired) electrons. The highest BCUT2D eigenvalue weighted by Crippen LogP contribution is 2.43. The highest BCUT2D eigenvalue weighted by molar-refractivity contribution is 7.12. The van der Waals surface area contributed by atoms with E-state index in [1.165, 1.54) is 28.2 Å². The molecule has 1 aromatic carbocycles. The summed E-state index contributed by atoms with van der Waals surface area (Å²) in [6.07, 6.45) is 3.58. The zero-order valence-corrected chi connectivity index (χ0v) is 10.7. The number of benzene rings is 1. The van der Waals surface area contributed by atoms with Gasteiger partial charge in [-0.25, -0.2) is 4.79 Å². The van der Waals surface area contributed by atoms with Crippen molar-refractivity contribution in [3.05, 3.63) is 57.3 Å². The van der Waals surface area contributed by atoms with Gasteiger partial charge in [-0.15, -0.1) is 11.3 Å². The Kier molecular flexibility index (Phi) is 2.92. The van der Waals surface area contributed by atoms with Crippen molar-refractivity contribution in [2.45, 2.75) is 25.2 Å². The first-order valence-electron chi connectivity index (χ1n) is 6.13. The van der Waals surface area contributed by atoms with E-state index >= 15 is 0 Å². The maximum atomic E-state index is 10.8. The largest absolute Gasteiger partial charge is 0.478 e. The number of rotatable bonds is 4. The molecule has 1 N–H and O–H groups in total. The molecule has 0 amide bonds. The van der Waals surface area contributed by atoms with Gasteiger partial charge in [-0.1, -0.05) is 12.1 Å². The van der Waals surface area contributed by atoms with Crippen molar-refractivity contribution in [2.75, 3.05) is 0 Å². The third-order valence-corrected chi connectivity index (χ3v) is 4.49. The van der Waals surface area contributed by atoms with Crippen molar-refractivity contribution in [2.24, 2.45) is 0 Å². The number of thiophene rings is 1. The van der Waals surface area contributed by atoms with Gasteiger partial charge in [0.15, 0.2) is 0 Å². The number of hydrogen-bond donors (Lipinski definition) is 1. The molecule has 2 nitrogen and oxygen atoms in total. The molecule has 0 saturated heterocycles. The van der Waals surface area contributed by atoms with Gasteiger partial charge in [0.25, 0.3) is 0 Å². The zero-order valence-electron chi connectivity index (χ0n) is 9.93. The fourth-order valence-electron chi connectivity index (χ4n) is 2.04. The summed E-state index contributed by atoms with van der Waals surface area (Å²) in [6.45, 7) is 0. The van der Waals surface area contributed by atoms with Crippen LogP contribution in [0.1, 0.15) is 44.4 Å². The third-order valence-electron chi connectivity index (χ3n) is 3.24. The van der Waals surface area contributed by atoms with E-state index in [0.29, 0.717) is 5.56 Å². The fraction of sp³-hybridized carbons (Fsp3) is 0.267. The summed E-state index contributed by atoms with van der Waals surface area (Å²) in [5, 5.41) is 8.84. The van der Waals surface area contributed by atoms with E-state index in [-0.39, 0.29) is 0 Å². The van der Waals surface area contributed by atoms with E-state index in [1.54, 1.807) is 12.1 Å². The molecule has 1 fully saturated rings. The SMILES string of the molecule is O=C(O)c1ccc(Cc2ccc(C3CC3)s2)cc1. The molecule has 1 heterocycles. The minimum Gasteiger partial charge on any atom is -0.478 e. The lowest BCUT2D eigenvalue weighted by molar-refractivity contribution is 0.0697. The Balaban J connectivity index is 1.72. The molecule has 3 heteroatoms. The predicted octanol–water partition coefficient (Wildman–Crippen LogP) is 3.91. The molecule has 1 aliphatic carbocycles. The number of carbonyl (C=O) groups is 1.